The summed E-state index contributed by atoms with van der Waals surface area (Å²) in [5.74, 6) is 1.96. The molecule has 0 unspecified atom stereocenters. The zero-order valence-corrected chi connectivity index (χ0v) is 20.7. The van der Waals surface area contributed by atoms with Gasteiger partial charge in [-0.15, -0.1) is 15.3 Å². The van der Waals surface area contributed by atoms with Crippen molar-refractivity contribution in [3.05, 3.63) is 59.9 Å². The second-order valence-electron chi connectivity index (χ2n) is 9.48. The van der Waals surface area contributed by atoms with Gasteiger partial charge in [0.05, 0.1) is 12.2 Å². The lowest BCUT2D eigenvalue weighted by atomic mass is 9.86. The van der Waals surface area contributed by atoms with Crippen LogP contribution in [-0.4, -0.2) is 46.2 Å². The average Bonchev–Trinajstić information content (AvgIpc) is 3.60. The van der Waals surface area contributed by atoms with Gasteiger partial charge in [-0.3, -0.25) is 9.78 Å². The first-order valence-electron chi connectivity index (χ1n) is 13.0. The summed E-state index contributed by atoms with van der Waals surface area (Å²) < 4.78 is 1.88. The second kappa shape index (κ2) is 11.3. The lowest BCUT2D eigenvalue weighted by Gasteiger charge is -2.18. The molecule has 5 rings (SSSR count). The Morgan fingerprint density at radius 2 is 1.89 bits per heavy atom. The number of aromatic nitrogens is 8. The number of aromatic amines is 1. The minimum Gasteiger partial charge on any atom is -0.290 e. The highest BCUT2D eigenvalue weighted by molar-refractivity contribution is 5.94. The zero-order chi connectivity index (χ0) is 24.7. The summed E-state index contributed by atoms with van der Waals surface area (Å²) in [6, 6.07) is 12.0. The number of carbonyl (C=O) groups excluding carboxylic acids is 1. The van der Waals surface area contributed by atoms with Crippen LogP contribution in [0.25, 0.3) is 22.5 Å². The van der Waals surface area contributed by atoms with Crippen molar-refractivity contribution in [3.63, 3.8) is 0 Å². The molecule has 0 aliphatic heterocycles. The van der Waals surface area contributed by atoms with Gasteiger partial charge in [0.25, 0.3) is 0 Å². The van der Waals surface area contributed by atoms with E-state index < -0.39 is 0 Å². The lowest BCUT2D eigenvalue weighted by Crippen LogP contribution is -2.19. The van der Waals surface area contributed by atoms with Crippen molar-refractivity contribution in [2.75, 3.05) is 0 Å². The van der Waals surface area contributed by atoms with Gasteiger partial charge >= 0.3 is 0 Å². The van der Waals surface area contributed by atoms with Crippen molar-refractivity contribution < 1.29 is 4.79 Å². The van der Waals surface area contributed by atoms with Gasteiger partial charge < -0.3 is 0 Å². The number of ketones is 1. The van der Waals surface area contributed by atoms with Gasteiger partial charge in [-0.05, 0) is 36.1 Å². The van der Waals surface area contributed by atoms with E-state index in [-0.39, 0.29) is 11.7 Å². The molecule has 3 aromatic heterocycles. The molecule has 0 atom stereocenters. The van der Waals surface area contributed by atoms with Gasteiger partial charge in [-0.2, -0.15) is 5.21 Å². The fourth-order valence-electron chi connectivity index (χ4n) is 4.91. The fraction of sp³-hybridized carbons (Fsp3) is 0.444. The molecule has 0 saturated heterocycles. The van der Waals surface area contributed by atoms with Crippen LogP contribution in [0.2, 0.25) is 0 Å². The van der Waals surface area contributed by atoms with E-state index in [0.717, 1.165) is 79.6 Å². The van der Waals surface area contributed by atoms with Gasteiger partial charge in [-0.25, -0.2) is 9.67 Å². The van der Waals surface area contributed by atoms with E-state index in [1.807, 2.05) is 47.3 Å². The summed E-state index contributed by atoms with van der Waals surface area (Å²) in [5, 5.41) is 19.1. The molecule has 186 valence electrons. The average molecular weight is 485 g/mol. The van der Waals surface area contributed by atoms with E-state index in [1.54, 1.807) is 0 Å². The van der Waals surface area contributed by atoms with Crippen LogP contribution in [0.3, 0.4) is 0 Å². The SMILES string of the molecule is CCCCCc1nc(C(=O)C2CCCCC2)nn1Cc1ccc(-c2ccccc2-c2nn[nH]n2)cn1. The second-order valence-corrected chi connectivity index (χ2v) is 9.48. The number of aryl methyl sites for hydroxylation is 1. The van der Waals surface area contributed by atoms with Crippen molar-refractivity contribution >= 4 is 5.78 Å². The Morgan fingerprint density at radius 1 is 1.06 bits per heavy atom. The van der Waals surface area contributed by atoms with Crippen LogP contribution in [0.15, 0.2) is 42.6 Å². The maximum Gasteiger partial charge on any atom is 0.217 e. The van der Waals surface area contributed by atoms with Crippen LogP contribution in [0.4, 0.5) is 0 Å². The Balaban J connectivity index is 1.37. The summed E-state index contributed by atoms with van der Waals surface area (Å²) in [7, 11) is 0. The predicted octanol–water partition coefficient (Wildman–Crippen LogP) is 5.06. The summed E-state index contributed by atoms with van der Waals surface area (Å²) in [6.45, 7) is 2.67. The number of benzene rings is 1. The molecule has 0 bridgehead atoms. The third-order valence-electron chi connectivity index (χ3n) is 6.91. The third-order valence-corrected chi connectivity index (χ3v) is 6.91. The Kier molecular flexibility index (Phi) is 7.54. The van der Waals surface area contributed by atoms with Crippen molar-refractivity contribution in [3.8, 4) is 22.5 Å². The molecular formula is C27H32N8O. The smallest absolute Gasteiger partial charge is 0.217 e. The first-order valence-corrected chi connectivity index (χ1v) is 13.0. The van der Waals surface area contributed by atoms with E-state index in [1.165, 1.54) is 6.42 Å². The Hall–Kier alpha value is -3.75. The third kappa shape index (κ3) is 5.40. The number of pyridine rings is 1. The van der Waals surface area contributed by atoms with E-state index in [9.17, 15) is 4.79 Å². The van der Waals surface area contributed by atoms with Gasteiger partial charge in [-0.1, -0.05) is 69.4 Å². The minimum absolute atomic E-state index is 0.0646. The van der Waals surface area contributed by atoms with Crippen LogP contribution in [0.1, 0.15) is 80.4 Å². The minimum atomic E-state index is 0.0646. The number of Topliss-reactive ketones (excluding diaryl/α,β-unsaturated/α-hetero) is 1. The molecule has 0 amide bonds. The summed E-state index contributed by atoms with van der Waals surface area (Å²) >= 11 is 0. The van der Waals surface area contributed by atoms with Crippen molar-refractivity contribution in [1.82, 2.24) is 40.4 Å². The quantitative estimate of drug-likeness (QED) is 0.247. The zero-order valence-electron chi connectivity index (χ0n) is 20.7. The molecule has 1 N–H and O–H groups in total. The molecule has 1 saturated carbocycles. The molecule has 1 aliphatic rings. The standard InChI is InChI=1S/C27H32N8O/c1-2-3-5-14-24-29-27(25(36)19-10-6-4-7-11-19)32-35(24)18-21-16-15-20(17-28-21)22-12-8-9-13-23(22)26-30-33-34-31-26/h8-9,12-13,15-17,19H,2-7,10-11,14,18H2,1H3,(H,30,31,33,34). The van der Waals surface area contributed by atoms with Crippen LogP contribution in [0, 0.1) is 5.92 Å². The van der Waals surface area contributed by atoms with Crippen LogP contribution in [-0.2, 0) is 13.0 Å². The van der Waals surface area contributed by atoms with Gasteiger partial charge in [0.15, 0.2) is 0 Å². The van der Waals surface area contributed by atoms with Gasteiger partial charge in [0, 0.05) is 29.7 Å². The first kappa shape index (κ1) is 24.0. The molecule has 36 heavy (non-hydrogen) atoms. The Morgan fingerprint density at radius 3 is 2.61 bits per heavy atom. The molecule has 1 aliphatic carbocycles. The number of rotatable bonds is 10. The van der Waals surface area contributed by atoms with Crippen molar-refractivity contribution in [1.29, 1.82) is 0 Å². The summed E-state index contributed by atoms with van der Waals surface area (Å²) in [5.41, 5.74) is 3.71. The van der Waals surface area contributed by atoms with Gasteiger partial charge in [0.2, 0.25) is 17.4 Å². The first-order chi connectivity index (χ1) is 17.7. The molecule has 1 aromatic carbocycles. The number of hydrogen-bond acceptors (Lipinski definition) is 7. The molecule has 1 fully saturated rings. The highest BCUT2D eigenvalue weighted by Gasteiger charge is 2.26. The molecule has 9 heteroatoms. The fourth-order valence-corrected chi connectivity index (χ4v) is 4.91. The van der Waals surface area contributed by atoms with Crippen LogP contribution in [0.5, 0.6) is 0 Å². The lowest BCUT2D eigenvalue weighted by molar-refractivity contribution is 0.0878. The number of H-pyrrole nitrogens is 1. The Labute approximate surface area is 210 Å². The number of hydrogen-bond donors (Lipinski definition) is 1. The number of nitrogens with zero attached hydrogens (tertiary/aromatic N) is 7. The van der Waals surface area contributed by atoms with Crippen molar-refractivity contribution in [2.45, 2.75) is 71.3 Å². The molecule has 4 aromatic rings. The molecular weight excluding hydrogens is 452 g/mol. The van der Waals surface area contributed by atoms with E-state index in [0.29, 0.717) is 18.2 Å². The molecule has 3 heterocycles. The number of tetrazole rings is 1. The van der Waals surface area contributed by atoms with Gasteiger partial charge in [0.1, 0.15) is 5.82 Å². The highest BCUT2D eigenvalue weighted by Crippen LogP contribution is 2.29. The molecule has 0 spiro atoms. The maximum absolute atomic E-state index is 13.1. The van der Waals surface area contributed by atoms with E-state index in [4.69, 9.17) is 9.97 Å². The summed E-state index contributed by atoms with van der Waals surface area (Å²) in [6.07, 6.45) is 11.3. The Bertz CT molecular complexity index is 1270. The van der Waals surface area contributed by atoms with E-state index >= 15 is 0 Å². The topological polar surface area (TPSA) is 115 Å². The maximum atomic E-state index is 13.1. The highest BCUT2D eigenvalue weighted by atomic mass is 16.1. The normalized spacial score (nSPS) is 14.2. The van der Waals surface area contributed by atoms with Crippen LogP contribution >= 0.6 is 0 Å². The molecule has 0 radical (unpaired) electrons. The number of carbonyl (C=O) groups is 1. The van der Waals surface area contributed by atoms with Crippen molar-refractivity contribution in [2.24, 2.45) is 5.92 Å². The monoisotopic (exact) mass is 484 g/mol. The summed E-state index contributed by atoms with van der Waals surface area (Å²) in [4.78, 5) is 22.5. The largest absolute Gasteiger partial charge is 0.290 e. The molecule has 9 nitrogen and oxygen atoms in total. The number of nitrogens with one attached hydrogen (secondary N) is 1. The number of unbranched alkanes of at least 4 members (excludes halogenated alkanes) is 2. The predicted molar refractivity (Wildman–Crippen MR) is 136 cm³/mol. The van der Waals surface area contributed by atoms with Crippen LogP contribution < -0.4 is 0 Å². The van der Waals surface area contributed by atoms with E-state index in [2.05, 4.69) is 32.6 Å².